The summed E-state index contributed by atoms with van der Waals surface area (Å²) in [6.07, 6.45) is 1.94. The van der Waals surface area contributed by atoms with Gasteiger partial charge in [0.15, 0.2) is 0 Å². The van der Waals surface area contributed by atoms with Crippen LogP contribution in [-0.4, -0.2) is 28.5 Å². The highest BCUT2D eigenvalue weighted by Crippen LogP contribution is 2.24. The number of rotatable bonds is 4. The Kier molecular flexibility index (Phi) is 3.67. The maximum Gasteiger partial charge on any atom is 0.297 e. The molecule has 0 aromatic carbocycles. The van der Waals surface area contributed by atoms with Gasteiger partial charge in [0.05, 0.1) is 11.6 Å². The Morgan fingerprint density at radius 1 is 1.52 bits per heavy atom. The summed E-state index contributed by atoms with van der Waals surface area (Å²) < 4.78 is 5.09. The molecule has 0 saturated carbocycles. The van der Waals surface area contributed by atoms with Gasteiger partial charge in [0, 0.05) is 0 Å². The number of carbonyl (C=O) groups excluding carboxylic acids is 2. The summed E-state index contributed by atoms with van der Waals surface area (Å²) >= 11 is 1.20. The summed E-state index contributed by atoms with van der Waals surface area (Å²) in [7, 11) is 0. The van der Waals surface area contributed by atoms with Crippen LogP contribution >= 0.6 is 11.3 Å². The normalized spacial score (nSPS) is 17.8. The quantitative estimate of drug-likeness (QED) is 0.771. The van der Waals surface area contributed by atoms with Crippen LogP contribution in [0.2, 0.25) is 0 Å². The van der Waals surface area contributed by atoms with E-state index in [1.54, 1.807) is 11.4 Å². The molecule has 0 aliphatic carbocycles. The molecule has 1 aliphatic rings. The van der Waals surface area contributed by atoms with E-state index in [2.05, 4.69) is 20.8 Å². The number of hydrogen-bond donors (Lipinski definition) is 3. The number of hydrogen-bond acceptors (Lipinski definition) is 7. The molecule has 4 N–H and O–H groups in total. The van der Waals surface area contributed by atoms with Gasteiger partial charge in [-0.15, -0.1) is 11.3 Å². The van der Waals surface area contributed by atoms with Crippen molar-refractivity contribution in [2.24, 2.45) is 5.73 Å². The summed E-state index contributed by atoms with van der Waals surface area (Å²) in [5, 5.41) is 11.5. The first-order chi connectivity index (χ1) is 10.1. The fourth-order valence-corrected chi connectivity index (χ4v) is 2.91. The van der Waals surface area contributed by atoms with Gasteiger partial charge in [-0.3, -0.25) is 9.59 Å². The molecule has 1 atom stereocenters. The standard InChI is InChI=1S/C12H13N5O3S/c13-8(18)6-3-5-21-12(6)16-10(19)9-15-11(20-17-9)7-2-1-4-14-7/h3,5,7,14H,1-2,4H2,(H2,13,18)(H,16,19). The van der Waals surface area contributed by atoms with E-state index in [0.717, 1.165) is 19.4 Å². The van der Waals surface area contributed by atoms with Crippen molar-refractivity contribution in [3.05, 3.63) is 28.7 Å². The van der Waals surface area contributed by atoms with Crippen molar-refractivity contribution in [2.45, 2.75) is 18.9 Å². The lowest BCUT2D eigenvalue weighted by molar-refractivity contribution is 0.100. The van der Waals surface area contributed by atoms with Gasteiger partial charge in [0.1, 0.15) is 5.00 Å². The predicted molar refractivity (Wildman–Crippen MR) is 75.1 cm³/mol. The third kappa shape index (κ3) is 2.78. The van der Waals surface area contributed by atoms with Crippen LogP contribution < -0.4 is 16.4 Å². The van der Waals surface area contributed by atoms with Gasteiger partial charge in [0.25, 0.3) is 17.6 Å². The first-order valence-corrected chi connectivity index (χ1v) is 7.29. The Hall–Kier alpha value is -2.26. The number of anilines is 1. The molecule has 3 rings (SSSR count). The Morgan fingerprint density at radius 3 is 3.10 bits per heavy atom. The van der Waals surface area contributed by atoms with Crippen molar-refractivity contribution in [2.75, 3.05) is 11.9 Å². The molecule has 1 fully saturated rings. The van der Waals surface area contributed by atoms with E-state index in [0.29, 0.717) is 10.9 Å². The van der Waals surface area contributed by atoms with Crippen molar-refractivity contribution in [3.8, 4) is 0 Å². The molecule has 9 heteroatoms. The zero-order valence-electron chi connectivity index (χ0n) is 11.0. The van der Waals surface area contributed by atoms with Gasteiger partial charge in [-0.2, -0.15) is 4.98 Å². The second-order valence-corrected chi connectivity index (χ2v) is 5.50. The number of primary amides is 1. The molecule has 1 unspecified atom stereocenters. The number of nitrogens with zero attached hydrogens (tertiary/aromatic N) is 2. The Morgan fingerprint density at radius 2 is 2.38 bits per heavy atom. The number of thiophene rings is 1. The third-order valence-electron chi connectivity index (χ3n) is 3.16. The molecule has 0 spiro atoms. The highest BCUT2D eigenvalue weighted by Gasteiger charge is 2.25. The lowest BCUT2D eigenvalue weighted by Crippen LogP contribution is -2.18. The smallest absolute Gasteiger partial charge is 0.297 e. The van der Waals surface area contributed by atoms with Gasteiger partial charge in [0.2, 0.25) is 5.89 Å². The number of aromatic nitrogens is 2. The molecule has 2 aromatic rings. The van der Waals surface area contributed by atoms with Crippen molar-refractivity contribution in [1.82, 2.24) is 15.5 Å². The van der Waals surface area contributed by atoms with Crippen molar-refractivity contribution in [1.29, 1.82) is 0 Å². The molecule has 2 amide bonds. The Bertz CT molecular complexity index is 674. The molecule has 1 saturated heterocycles. The van der Waals surface area contributed by atoms with Crippen LogP contribution in [0.25, 0.3) is 0 Å². The van der Waals surface area contributed by atoms with Gasteiger partial charge in [-0.05, 0) is 30.8 Å². The van der Waals surface area contributed by atoms with Gasteiger partial charge >= 0.3 is 0 Å². The molecule has 110 valence electrons. The Balaban J connectivity index is 1.73. The van der Waals surface area contributed by atoms with E-state index in [4.69, 9.17) is 10.3 Å². The van der Waals surface area contributed by atoms with Crippen LogP contribution in [0.1, 0.15) is 45.8 Å². The topological polar surface area (TPSA) is 123 Å². The molecule has 0 radical (unpaired) electrons. The van der Waals surface area contributed by atoms with Crippen LogP contribution in [0, 0.1) is 0 Å². The van der Waals surface area contributed by atoms with Gasteiger partial charge in [-0.25, -0.2) is 0 Å². The molecule has 3 heterocycles. The zero-order chi connectivity index (χ0) is 14.8. The maximum atomic E-state index is 12.1. The molecule has 1 aliphatic heterocycles. The van der Waals surface area contributed by atoms with E-state index < -0.39 is 11.8 Å². The Labute approximate surface area is 123 Å². The summed E-state index contributed by atoms with van der Waals surface area (Å²) in [5.74, 6) is -0.801. The van der Waals surface area contributed by atoms with E-state index in [9.17, 15) is 9.59 Å². The SMILES string of the molecule is NC(=O)c1ccsc1NC(=O)c1noc(C2CCCN2)n1. The minimum atomic E-state index is -0.601. The van der Waals surface area contributed by atoms with Crippen molar-refractivity contribution < 1.29 is 14.1 Å². The summed E-state index contributed by atoms with van der Waals surface area (Å²) in [6.45, 7) is 0.895. The van der Waals surface area contributed by atoms with Crippen LogP contribution in [0.5, 0.6) is 0 Å². The number of nitrogens with one attached hydrogen (secondary N) is 2. The van der Waals surface area contributed by atoms with Crippen LogP contribution in [0.4, 0.5) is 5.00 Å². The lowest BCUT2D eigenvalue weighted by Gasteiger charge is -2.02. The summed E-state index contributed by atoms with van der Waals surface area (Å²) in [5.41, 5.74) is 5.48. The zero-order valence-corrected chi connectivity index (χ0v) is 11.8. The molecule has 0 bridgehead atoms. The maximum absolute atomic E-state index is 12.1. The number of nitrogens with two attached hydrogens (primary N) is 1. The number of amides is 2. The van der Waals surface area contributed by atoms with E-state index in [-0.39, 0.29) is 17.4 Å². The molecular formula is C12H13N5O3S. The van der Waals surface area contributed by atoms with Gasteiger partial charge < -0.3 is 20.9 Å². The summed E-state index contributed by atoms with van der Waals surface area (Å²) in [4.78, 5) is 27.3. The third-order valence-corrected chi connectivity index (χ3v) is 3.99. The minimum Gasteiger partial charge on any atom is -0.366 e. The van der Waals surface area contributed by atoms with Crippen molar-refractivity contribution >= 4 is 28.2 Å². The fraction of sp³-hybridized carbons (Fsp3) is 0.333. The molecule has 2 aromatic heterocycles. The minimum absolute atomic E-state index is 0.00182. The number of carbonyl (C=O) groups is 2. The van der Waals surface area contributed by atoms with Gasteiger partial charge in [-0.1, -0.05) is 5.16 Å². The van der Waals surface area contributed by atoms with Crippen LogP contribution in [-0.2, 0) is 0 Å². The van der Waals surface area contributed by atoms with Crippen LogP contribution in [0.15, 0.2) is 16.0 Å². The van der Waals surface area contributed by atoms with Crippen molar-refractivity contribution in [3.63, 3.8) is 0 Å². The average Bonchev–Trinajstić information content (AvgIpc) is 3.19. The lowest BCUT2D eigenvalue weighted by atomic mass is 10.2. The highest BCUT2D eigenvalue weighted by molar-refractivity contribution is 7.14. The largest absolute Gasteiger partial charge is 0.366 e. The van der Waals surface area contributed by atoms with E-state index in [1.807, 2.05) is 0 Å². The second kappa shape index (κ2) is 5.62. The van der Waals surface area contributed by atoms with E-state index in [1.165, 1.54) is 11.3 Å². The average molecular weight is 307 g/mol. The molecule has 21 heavy (non-hydrogen) atoms. The first kappa shape index (κ1) is 13.7. The van der Waals surface area contributed by atoms with E-state index >= 15 is 0 Å². The summed E-state index contributed by atoms with van der Waals surface area (Å²) in [6, 6.07) is 1.55. The first-order valence-electron chi connectivity index (χ1n) is 6.41. The molecular weight excluding hydrogens is 294 g/mol. The molecule has 8 nitrogen and oxygen atoms in total. The highest BCUT2D eigenvalue weighted by atomic mass is 32.1. The second-order valence-electron chi connectivity index (χ2n) is 4.59. The predicted octanol–water partition coefficient (Wildman–Crippen LogP) is 0.907. The fourth-order valence-electron chi connectivity index (χ4n) is 2.12. The monoisotopic (exact) mass is 307 g/mol. The van der Waals surface area contributed by atoms with Crippen LogP contribution in [0.3, 0.4) is 0 Å².